The van der Waals surface area contributed by atoms with Gasteiger partial charge in [-0.05, 0) is 50.6 Å². The van der Waals surface area contributed by atoms with Crippen LogP contribution >= 0.6 is 11.6 Å². The van der Waals surface area contributed by atoms with E-state index in [-0.39, 0.29) is 22.3 Å². The molecule has 9 heteroatoms. The molecule has 0 saturated heterocycles. The van der Waals surface area contributed by atoms with Gasteiger partial charge < -0.3 is 13.9 Å². The van der Waals surface area contributed by atoms with Crippen molar-refractivity contribution in [3.63, 3.8) is 0 Å². The fraction of sp³-hybridized carbons (Fsp3) is 0.273. The van der Waals surface area contributed by atoms with E-state index >= 15 is 0 Å². The third kappa shape index (κ3) is 5.38. The zero-order valence-electron chi connectivity index (χ0n) is 16.8. The van der Waals surface area contributed by atoms with Gasteiger partial charge in [0, 0.05) is 11.1 Å². The van der Waals surface area contributed by atoms with Gasteiger partial charge in [0.15, 0.2) is 6.61 Å². The standard InChI is InChI=1S/C22H18ClF3O5/c1-21(2,3)31-17(27)11-29-14-8-9-15-16(10-14)30-20(22(24,25)26)18(19(15)28)12-4-6-13(23)7-5-12/h4-10H,11H2,1-3H3. The van der Waals surface area contributed by atoms with Crippen molar-refractivity contribution in [1.82, 2.24) is 0 Å². The zero-order valence-corrected chi connectivity index (χ0v) is 17.6. The molecule has 0 unspecified atom stereocenters. The highest BCUT2D eigenvalue weighted by Crippen LogP contribution is 2.38. The van der Waals surface area contributed by atoms with Crippen molar-refractivity contribution < 1.29 is 31.9 Å². The number of rotatable bonds is 4. The normalized spacial score (nSPS) is 12.1. The second-order valence-electron chi connectivity index (χ2n) is 7.67. The average Bonchev–Trinajstić information content (AvgIpc) is 2.65. The lowest BCUT2D eigenvalue weighted by atomic mass is 10.0. The molecular weight excluding hydrogens is 437 g/mol. The van der Waals surface area contributed by atoms with Gasteiger partial charge in [0.1, 0.15) is 16.9 Å². The first-order valence-electron chi connectivity index (χ1n) is 9.14. The lowest BCUT2D eigenvalue weighted by Crippen LogP contribution is -2.27. The summed E-state index contributed by atoms with van der Waals surface area (Å²) in [7, 11) is 0. The first kappa shape index (κ1) is 22.7. The van der Waals surface area contributed by atoms with Crippen LogP contribution in [-0.4, -0.2) is 18.2 Å². The monoisotopic (exact) mass is 454 g/mol. The molecule has 3 aromatic rings. The quantitative estimate of drug-likeness (QED) is 0.462. The average molecular weight is 455 g/mol. The summed E-state index contributed by atoms with van der Waals surface area (Å²) in [6, 6.07) is 9.17. The predicted molar refractivity (Wildman–Crippen MR) is 109 cm³/mol. The Morgan fingerprint density at radius 2 is 1.71 bits per heavy atom. The molecule has 0 bridgehead atoms. The van der Waals surface area contributed by atoms with E-state index in [0.717, 1.165) is 6.07 Å². The van der Waals surface area contributed by atoms with Crippen LogP contribution in [0.2, 0.25) is 5.02 Å². The molecule has 0 aliphatic heterocycles. The molecule has 3 rings (SSSR count). The van der Waals surface area contributed by atoms with Crippen molar-refractivity contribution in [2.24, 2.45) is 0 Å². The summed E-state index contributed by atoms with van der Waals surface area (Å²) in [4.78, 5) is 24.7. The van der Waals surface area contributed by atoms with E-state index in [9.17, 15) is 22.8 Å². The van der Waals surface area contributed by atoms with Crippen LogP contribution in [0, 0.1) is 0 Å². The van der Waals surface area contributed by atoms with Crippen molar-refractivity contribution in [3.8, 4) is 16.9 Å². The van der Waals surface area contributed by atoms with Gasteiger partial charge in [-0.15, -0.1) is 0 Å². The molecule has 0 N–H and O–H groups in total. The van der Waals surface area contributed by atoms with Gasteiger partial charge in [0.2, 0.25) is 11.2 Å². The summed E-state index contributed by atoms with van der Waals surface area (Å²) in [6.45, 7) is 4.60. The number of fused-ring (bicyclic) bond motifs is 1. The summed E-state index contributed by atoms with van der Waals surface area (Å²) in [5.74, 6) is -2.03. The number of alkyl halides is 3. The first-order chi connectivity index (χ1) is 14.3. The molecule has 0 aliphatic rings. The second kappa shape index (κ2) is 8.26. The smallest absolute Gasteiger partial charge is 0.450 e. The van der Waals surface area contributed by atoms with Crippen molar-refractivity contribution >= 4 is 28.5 Å². The number of carbonyl (C=O) groups is 1. The number of halogens is 4. The van der Waals surface area contributed by atoms with Crippen LogP contribution in [-0.2, 0) is 15.7 Å². The van der Waals surface area contributed by atoms with Crippen LogP contribution in [0.25, 0.3) is 22.1 Å². The van der Waals surface area contributed by atoms with Crippen LogP contribution in [0.3, 0.4) is 0 Å². The van der Waals surface area contributed by atoms with Gasteiger partial charge in [-0.3, -0.25) is 4.79 Å². The number of esters is 1. The zero-order chi connectivity index (χ0) is 23.0. The third-order valence-electron chi connectivity index (χ3n) is 4.03. The molecule has 31 heavy (non-hydrogen) atoms. The largest absolute Gasteiger partial charge is 0.482 e. The van der Waals surface area contributed by atoms with Gasteiger partial charge in [-0.2, -0.15) is 13.2 Å². The van der Waals surface area contributed by atoms with Gasteiger partial charge >= 0.3 is 12.1 Å². The molecule has 0 amide bonds. The molecule has 1 aromatic heterocycles. The molecule has 2 aromatic carbocycles. The van der Waals surface area contributed by atoms with Gasteiger partial charge in [-0.25, -0.2) is 4.79 Å². The Morgan fingerprint density at radius 3 is 2.29 bits per heavy atom. The summed E-state index contributed by atoms with van der Waals surface area (Å²) in [5.41, 5.74) is -2.47. The Kier molecular flexibility index (Phi) is 6.04. The Balaban J connectivity index is 2.04. The van der Waals surface area contributed by atoms with E-state index in [0.29, 0.717) is 5.02 Å². The topological polar surface area (TPSA) is 65.7 Å². The van der Waals surface area contributed by atoms with E-state index in [1.54, 1.807) is 20.8 Å². The number of ether oxygens (including phenoxy) is 2. The third-order valence-corrected chi connectivity index (χ3v) is 4.28. The molecule has 0 radical (unpaired) electrons. The molecule has 0 saturated carbocycles. The van der Waals surface area contributed by atoms with Crippen LogP contribution in [0.1, 0.15) is 26.5 Å². The van der Waals surface area contributed by atoms with Crippen LogP contribution in [0.4, 0.5) is 13.2 Å². The van der Waals surface area contributed by atoms with Crippen molar-refractivity contribution in [2.45, 2.75) is 32.5 Å². The van der Waals surface area contributed by atoms with Crippen molar-refractivity contribution in [2.75, 3.05) is 6.61 Å². The predicted octanol–water partition coefficient (Wildman–Crippen LogP) is 5.85. The summed E-state index contributed by atoms with van der Waals surface area (Å²) in [6.07, 6.45) is -4.92. The Labute approximate surface area is 180 Å². The number of hydrogen-bond acceptors (Lipinski definition) is 5. The van der Waals surface area contributed by atoms with Crippen molar-refractivity contribution in [1.29, 1.82) is 0 Å². The number of hydrogen-bond donors (Lipinski definition) is 0. The molecule has 0 atom stereocenters. The Bertz CT molecular complexity index is 1180. The molecule has 1 heterocycles. The summed E-state index contributed by atoms with van der Waals surface area (Å²) < 4.78 is 56.5. The maximum Gasteiger partial charge on any atom is 0.450 e. The molecular formula is C22H18ClF3O5. The van der Waals surface area contributed by atoms with Crippen LogP contribution in [0.15, 0.2) is 51.7 Å². The van der Waals surface area contributed by atoms with Crippen molar-refractivity contribution in [3.05, 3.63) is 63.5 Å². The summed E-state index contributed by atoms with van der Waals surface area (Å²) >= 11 is 5.80. The van der Waals surface area contributed by atoms with E-state index in [1.807, 2.05) is 0 Å². The molecule has 164 valence electrons. The fourth-order valence-corrected chi connectivity index (χ4v) is 2.98. The molecule has 5 nitrogen and oxygen atoms in total. The number of benzene rings is 2. The van der Waals surface area contributed by atoms with E-state index < -0.39 is 41.1 Å². The van der Waals surface area contributed by atoms with Crippen LogP contribution < -0.4 is 10.2 Å². The highest BCUT2D eigenvalue weighted by atomic mass is 35.5. The van der Waals surface area contributed by atoms with Crippen LogP contribution in [0.5, 0.6) is 5.75 Å². The van der Waals surface area contributed by atoms with E-state index in [4.69, 9.17) is 25.5 Å². The molecule has 0 aliphatic carbocycles. The van der Waals surface area contributed by atoms with E-state index in [1.165, 1.54) is 36.4 Å². The Morgan fingerprint density at radius 1 is 1.06 bits per heavy atom. The maximum absolute atomic E-state index is 13.7. The number of carbonyl (C=O) groups excluding carboxylic acids is 1. The lowest BCUT2D eigenvalue weighted by molar-refractivity contribution is -0.157. The second-order valence-corrected chi connectivity index (χ2v) is 8.11. The highest BCUT2D eigenvalue weighted by molar-refractivity contribution is 6.30. The molecule has 0 spiro atoms. The minimum Gasteiger partial charge on any atom is -0.482 e. The minimum absolute atomic E-state index is 0.0256. The first-order valence-corrected chi connectivity index (χ1v) is 9.51. The fourth-order valence-electron chi connectivity index (χ4n) is 2.85. The minimum atomic E-state index is -4.92. The maximum atomic E-state index is 13.7. The van der Waals surface area contributed by atoms with Gasteiger partial charge in [0.25, 0.3) is 0 Å². The summed E-state index contributed by atoms with van der Waals surface area (Å²) in [5, 5.41) is 0.247. The molecule has 0 fully saturated rings. The Hall–Kier alpha value is -3.00. The van der Waals surface area contributed by atoms with Gasteiger partial charge in [0.05, 0.1) is 10.9 Å². The highest BCUT2D eigenvalue weighted by Gasteiger charge is 2.39. The van der Waals surface area contributed by atoms with Gasteiger partial charge in [-0.1, -0.05) is 23.7 Å². The SMILES string of the molecule is CC(C)(C)OC(=O)COc1ccc2c(=O)c(-c3ccc(Cl)cc3)c(C(F)(F)F)oc2c1. The van der Waals surface area contributed by atoms with E-state index in [2.05, 4.69) is 0 Å². The lowest BCUT2D eigenvalue weighted by Gasteiger charge is -2.19.